The summed E-state index contributed by atoms with van der Waals surface area (Å²) in [7, 11) is 0. The maximum atomic E-state index is 11.4. The van der Waals surface area contributed by atoms with Crippen LogP contribution in [0, 0.1) is 0 Å². The highest BCUT2D eigenvalue weighted by atomic mass is 16.6. The first kappa shape index (κ1) is 11.8. The van der Waals surface area contributed by atoms with Crippen molar-refractivity contribution in [2.45, 2.75) is 39.0 Å². The molecule has 0 aliphatic carbocycles. The summed E-state index contributed by atoms with van der Waals surface area (Å²) in [4.78, 5) is 22.6. The van der Waals surface area contributed by atoms with E-state index in [9.17, 15) is 9.59 Å². The van der Waals surface area contributed by atoms with Crippen molar-refractivity contribution in [2.24, 2.45) is 0 Å². The second-order valence-electron chi connectivity index (χ2n) is 4.39. The maximum Gasteiger partial charge on any atom is 0.346 e. The summed E-state index contributed by atoms with van der Waals surface area (Å²) in [5, 5.41) is 0. The van der Waals surface area contributed by atoms with Gasteiger partial charge in [-0.25, -0.2) is 4.79 Å². The molecule has 0 aromatic heterocycles. The lowest BCUT2D eigenvalue weighted by molar-refractivity contribution is -0.137. The molecule has 90 valence electrons. The molecule has 0 atom stereocenters. The van der Waals surface area contributed by atoms with Gasteiger partial charge in [-0.3, -0.25) is 4.79 Å². The van der Waals surface area contributed by atoms with E-state index in [4.69, 9.17) is 0 Å². The number of esters is 2. The van der Waals surface area contributed by atoms with E-state index in [2.05, 4.69) is 11.7 Å². The van der Waals surface area contributed by atoms with Crippen LogP contribution in [0.2, 0.25) is 0 Å². The molecule has 0 bridgehead atoms. The highest BCUT2D eigenvalue weighted by molar-refractivity contribution is 6.02. The van der Waals surface area contributed by atoms with Gasteiger partial charge < -0.3 is 4.74 Å². The number of carbonyl (C=O) groups excluding carboxylic acids is 2. The Hall–Kier alpha value is -1.64. The predicted molar refractivity (Wildman–Crippen MR) is 63.8 cm³/mol. The molecule has 0 saturated carbocycles. The average molecular weight is 232 g/mol. The minimum Gasteiger partial charge on any atom is -0.389 e. The highest BCUT2D eigenvalue weighted by Gasteiger charge is 2.24. The quantitative estimate of drug-likeness (QED) is 0.455. The molecule has 0 amide bonds. The molecule has 2 rings (SSSR count). The molecule has 1 heterocycles. The van der Waals surface area contributed by atoms with Crippen LogP contribution in [-0.2, 0) is 22.4 Å². The van der Waals surface area contributed by atoms with Gasteiger partial charge in [-0.1, -0.05) is 31.9 Å². The summed E-state index contributed by atoms with van der Waals surface area (Å²) in [5.41, 5.74) is 2.53. The Morgan fingerprint density at radius 1 is 1.24 bits per heavy atom. The Morgan fingerprint density at radius 2 is 2.06 bits per heavy atom. The van der Waals surface area contributed by atoms with Gasteiger partial charge in [0.2, 0.25) is 0 Å². The molecular formula is C14H16O3. The lowest BCUT2D eigenvalue weighted by atomic mass is 9.97. The van der Waals surface area contributed by atoms with Crippen molar-refractivity contribution in [3.8, 4) is 0 Å². The molecule has 17 heavy (non-hydrogen) atoms. The highest BCUT2D eigenvalue weighted by Crippen LogP contribution is 2.20. The Balaban J connectivity index is 2.15. The minimum atomic E-state index is -0.517. The number of carbonyl (C=O) groups is 2. The van der Waals surface area contributed by atoms with Gasteiger partial charge in [0.25, 0.3) is 0 Å². The normalized spacial score (nSPS) is 14.4. The van der Waals surface area contributed by atoms with Gasteiger partial charge in [-0.2, -0.15) is 0 Å². The summed E-state index contributed by atoms with van der Waals surface area (Å²) in [6, 6.07) is 5.68. The third kappa shape index (κ3) is 2.73. The van der Waals surface area contributed by atoms with Crippen molar-refractivity contribution in [1.82, 2.24) is 0 Å². The number of ether oxygens (including phenoxy) is 1. The van der Waals surface area contributed by atoms with Crippen molar-refractivity contribution >= 4 is 11.9 Å². The molecule has 0 unspecified atom stereocenters. The van der Waals surface area contributed by atoms with Crippen LogP contribution in [0.25, 0.3) is 0 Å². The van der Waals surface area contributed by atoms with Gasteiger partial charge in [0.15, 0.2) is 0 Å². The lowest BCUT2D eigenvalue weighted by Crippen LogP contribution is -2.22. The number of fused-ring (bicyclic) bond motifs is 1. The zero-order chi connectivity index (χ0) is 12.3. The summed E-state index contributed by atoms with van der Waals surface area (Å²) in [5.74, 6) is -0.968. The maximum absolute atomic E-state index is 11.4. The van der Waals surface area contributed by atoms with Crippen LogP contribution in [0.3, 0.4) is 0 Å². The van der Waals surface area contributed by atoms with Crippen LogP contribution in [0.4, 0.5) is 0 Å². The number of unbranched alkanes of at least 4 members (excludes halogenated alkanes) is 2. The summed E-state index contributed by atoms with van der Waals surface area (Å²) < 4.78 is 4.57. The first-order valence-corrected chi connectivity index (χ1v) is 6.07. The van der Waals surface area contributed by atoms with Crippen LogP contribution >= 0.6 is 0 Å². The lowest BCUT2D eigenvalue weighted by Gasteiger charge is -2.14. The van der Waals surface area contributed by atoms with E-state index in [1.54, 1.807) is 6.07 Å². The predicted octanol–water partition coefficient (Wildman–Crippen LogP) is 2.66. The number of cyclic esters (lactones) is 2. The fourth-order valence-corrected chi connectivity index (χ4v) is 2.08. The van der Waals surface area contributed by atoms with Gasteiger partial charge in [0, 0.05) is 0 Å². The molecule has 3 heteroatoms. The Bertz CT molecular complexity index is 449. The van der Waals surface area contributed by atoms with E-state index in [0.717, 1.165) is 18.4 Å². The van der Waals surface area contributed by atoms with Crippen molar-refractivity contribution in [3.63, 3.8) is 0 Å². The smallest absolute Gasteiger partial charge is 0.346 e. The van der Waals surface area contributed by atoms with Crippen LogP contribution < -0.4 is 0 Å². The fourth-order valence-electron chi connectivity index (χ4n) is 2.08. The number of hydrogen-bond acceptors (Lipinski definition) is 3. The zero-order valence-corrected chi connectivity index (χ0v) is 9.99. The zero-order valence-electron chi connectivity index (χ0n) is 9.99. The molecule has 1 aromatic carbocycles. The Kier molecular flexibility index (Phi) is 3.57. The number of hydrogen-bond donors (Lipinski definition) is 0. The van der Waals surface area contributed by atoms with Gasteiger partial charge in [0.05, 0.1) is 12.0 Å². The van der Waals surface area contributed by atoms with Crippen molar-refractivity contribution in [1.29, 1.82) is 0 Å². The van der Waals surface area contributed by atoms with Crippen molar-refractivity contribution in [3.05, 3.63) is 34.9 Å². The van der Waals surface area contributed by atoms with E-state index in [1.807, 2.05) is 12.1 Å². The van der Waals surface area contributed by atoms with E-state index in [0.29, 0.717) is 5.56 Å². The van der Waals surface area contributed by atoms with Gasteiger partial charge in [-0.05, 0) is 30.0 Å². The van der Waals surface area contributed by atoms with E-state index < -0.39 is 11.9 Å². The topological polar surface area (TPSA) is 43.4 Å². The Morgan fingerprint density at radius 3 is 2.82 bits per heavy atom. The van der Waals surface area contributed by atoms with Crippen LogP contribution in [0.1, 0.15) is 47.7 Å². The van der Waals surface area contributed by atoms with Crippen LogP contribution in [-0.4, -0.2) is 11.9 Å². The molecule has 0 saturated heterocycles. The van der Waals surface area contributed by atoms with E-state index in [1.165, 1.54) is 18.4 Å². The minimum absolute atomic E-state index is 0.211. The van der Waals surface area contributed by atoms with E-state index in [-0.39, 0.29) is 6.42 Å². The molecule has 0 fully saturated rings. The monoisotopic (exact) mass is 232 g/mol. The number of benzene rings is 1. The molecule has 3 nitrogen and oxygen atoms in total. The molecule has 0 radical (unpaired) electrons. The van der Waals surface area contributed by atoms with Gasteiger partial charge in [-0.15, -0.1) is 0 Å². The Labute approximate surface area is 101 Å². The standard InChI is InChI=1S/C14H16O3/c1-2-3-4-5-10-6-7-12-11(8-10)9-13(15)17-14(12)16/h6-8H,2-5,9H2,1H3. The fraction of sp³-hybridized carbons (Fsp3) is 0.429. The molecular weight excluding hydrogens is 216 g/mol. The van der Waals surface area contributed by atoms with Gasteiger partial charge >= 0.3 is 11.9 Å². The van der Waals surface area contributed by atoms with Gasteiger partial charge in [0.1, 0.15) is 0 Å². The summed E-state index contributed by atoms with van der Waals surface area (Å²) in [6.45, 7) is 2.17. The molecule has 1 aliphatic heterocycles. The molecule has 1 aliphatic rings. The van der Waals surface area contributed by atoms with Crippen molar-refractivity contribution < 1.29 is 14.3 Å². The third-order valence-electron chi connectivity index (χ3n) is 3.00. The first-order valence-electron chi connectivity index (χ1n) is 6.07. The summed E-state index contributed by atoms with van der Waals surface area (Å²) >= 11 is 0. The largest absolute Gasteiger partial charge is 0.389 e. The number of aryl methyl sites for hydroxylation is 1. The summed E-state index contributed by atoms with van der Waals surface area (Å²) in [6.07, 6.45) is 4.76. The van der Waals surface area contributed by atoms with Crippen LogP contribution in [0.15, 0.2) is 18.2 Å². The SMILES string of the molecule is CCCCCc1ccc2c(c1)CC(=O)OC2=O. The molecule has 1 aromatic rings. The van der Waals surface area contributed by atoms with Crippen molar-refractivity contribution in [2.75, 3.05) is 0 Å². The second-order valence-corrected chi connectivity index (χ2v) is 4.39. The number of rotatable bonds is 4. The second kappa shape index (κ2) is 5.13. The first-order chi connectivity index (χ1) is 8.20. The molecule has 0 N–H and O–H groups in total. The van der Waals surface area contributed by atoms with E-state index >= 15 is 0 Å². The third-order valence-corrected chi connectivity index (χ3v) is 3.00. The average Bonchev–Trinajstić information content (AvgIpc) is 2.28. The van der Waals surface area contributed by atoms with Crippen LogP contribution in [0.5, 0.6) is 0 Å². The molecule has 0 spiro atoms.